The molecule has 102 valence electrons. The molecular formula is C13H21F3Si2. The number of benzene rings is 1. The molecular weight excluding hydrogens is 269 g/mol. The van der Waals surface area contributed by atoms with Crippen LogP contribution in [0.5, 0.6) is 0 Å². The Morgan fingerprint density at radius 2 is 1.33 bits per heavy atom. The molecule has 0 radical (unpaired) electrons. The van der Waals surface area contributed by atoms with Crippen molar-refractivity contribution >= 4 is 26.5 Å². The monoisotopic (exact) mass is 290 g/mol. The lowest BCUT2D eigenvalue weighted by molar-refractivity contribution is -0.136. The second kappa shape index (κ2) is 4.52. The van der Waals surface area contributed by atoms with Gasteiger partial charge in [0.15, 0.2) is 0 Å². The maximum Gasteiger partial charge on any atom is 0.416 e. The Labute approximate surface area is 109 Å². The molecule has 0 atom stereocenters. The molecule has 18 heavy (non-hydrogen) atoms. The van der Waals surface area contributed by atoms with Crippen molar-refractivity contribution in [2.75, 3.05) is 0 Å². The fourth-order valence-corrected chi connectivity index (χ4v) is 4.67. The van der Waals surface area contributed by atoms with Gasteiger partial charge in [0.25, 0.3) is 0 Å². The lowest BCUT2D eigenvalue weighted by atomic mass is 10.2. The van der Waals surface area contributed by atoms with E-state index in [1.807, 2.05) is 25.7 Å². The average Bonchev–Trinajstić information content (AvgIpc) is 2.12. The molecule has 1 aromatic rings. The number of alkyl halides is 3. The second-order valence-corrected chi connectivity index (χ2v) is 16.9. The number of hydrogen-bond donors (Lipinski definition) is 0. The second-order valence-electron chi connectivity index (χ2n) is 6.76. The molecule has 0 nitrogen and oxygen atoms in total. The van der Waals surface area contributed by atoms with E-state index in [1.165, 1.54) is 6.07 Å². The van der Waals surface area contributed by atoms with Crippen LogP contribution in [0.25, 0.3) is 0 Å². The van der Waals surface area contributed by atoms with E-state index in [0.717, 1.165) is 5.19 Å². The SMILES string of the molecule is C[Si](C)(C)c1ccc([Si](C)(C)C)c(C(F)(F)F)c1. The molecule has 1 rings (SSSR count). The highest BCUT2D eigenvalue weighted by Gasteiger charge is 2.37. The van der Waals surface area contributed by atoms with Gasteiger partial charge in [-0.25, -0.2) is 0 Å². The summed E-state index contributed by atoms with van der Waals surface area (Å²) in [5.41, 5.74) is -0.415. The van der Waals surface area contributed by atoms with Crippen LogP contribution in [0.3, 0.4) is 0 Å². The van der Waals surface area contributed by atoms with Gasteiger partial charge in [0.2, 0.25) is 0 Å². The molecule has 0 aliphatic heterocycles. The van der Waals surface area contributed by atoms with Crippen LogP contribution in [0, 0.1) is 0 Å². The van der Waals surface area contributed by atoms with Crippen LogP contribution in [0.1, 0.15) is 5.56 Å². The van der Waals surface area contributed by atoms with Gasteiger partial charge in [-0.1, -0.05) is 62.7 Å². The summed E-state index contributed by atoms with van der Waals surface area (Å²) in [4.78, 5) is 0. The zero-order valence-corrected chi connectivity index (χ0v) is 13.9. The Bertz CT molecular complexity index is 437. The van der Waals surface area contributed by atoms with Gasteiger partial charge < -0.3 is 0 Å². The normalized spacial score (nSPS) is 13.8. The average molecular weight is 290 g/mol. The van der Waals surface area contributed by atoms with Crippen molar-refractivity contribution in [1.82, 2.24) is 0 Å². The maximum absolute atomic E-state index is 13.2. The van der Waals surface area contributed by atoms with Gasteiger partial charge >= 0.3 is 6.18 Å². The molecule has 0 bridgehead atoms. The minimum absolute atomic E-state index is 0.415. The summed E-state index contributed by atoms with van der Waals surface area (Å²) < 4.78 is 39.6. The molecule has 0 aliphatic rings. The summed E-state index contributed by atoms with van der Waals surface area (Å²) in [5.74, 6) is 0. The predicted octanol–water partition coefficient (Wildman–Crippen LogP) is 3.80. The summed E-state index contributed by atoms with van der Waals surface area (Å²) >= 11 is 0. The van der Waals surface area contributed by atoms with Gasteiger partial charge in [0.1, 0.15) is 0 Å². The first-order valence-corrected chi connectivity index (χ1v) is 13.1. The number of hydrogen-bond acceptors (Lipinski definition) is 0. The Kier molecular flexibility index (Phi) is 3.90. The summed E-state index contributed by atoms with van der Waals surface area (Å²) in [6.45, 7) is 12.0. The Balaban J connectivity index is 3.50. The fourth-order valence-electron chi connectivity index (χ4n) is 1.90. The van der Waals surface area contributed by atoms with Crippen LogP contribution in [-0.4, -0.2) is 16.1 Å². The van der Waals surface area contributed by atoms with Gasteiger partial charge in [-0.05, 0) is 5.19 Å². The molecule has 0 saturated heterocycles. The third kappa shape index (κ3) is 3.48. The zero-order chi connectivity index (χ0) is 14.4. The third-order valence-electron chi connectivity index (χ3n) is 3.00. The van der Waals surface area contributed by atoms with Crippen LogP contribution in [0.4, 0.5) is 13.2 Å². The van der Waals surface area contributed by atoms with Gasteiger partial charge in [-0.2, -0.15) is 13.2 Å². The lowest BCUT2D eigenvalue weighted by Crippen LogP contribution is -2.46. The summed E-state index contributed by atoms with van der Waals surface area (Å²) in [7, 11) is -3.68. The Hall–Kier alpha value is -0.556. The van der Waals surface area contributed by atoms with E-state index in [2.05, 4.69) is 19.6 Å². The van der Waals surface area contributed by atoms with Crippen LogP contribution >= 0.6 is 0 Å². The van der Waals surface area contributed by atoms with Crippen LogP contribution in [0.2, 0.25) is 39.3 Å². The Morgan fingerprint density at radius 3 is 1.67 bits per heavy atom. The summed E-state index contributed by atoms with van der Waals surface area (Å²) in [6, 6.07) is 5.00. The number of rotatable bonds is 2. The van der Waals surface area contributed by atoms with Crippen molar-refractivity contribution in [2.24, 2.45) is 0 Å². The van der Waals surface area contributed by atoms with E-state index in [0.29, 0.717) is 5.19 Å². The Morgan fingerprint density at radius 1 is 0.833 bits per heavy atom. The van der Waals surface area contributed by atoms with Gasteiger partial charge in [-0.3, -0.25) is 0 Å². The van der Waals surface area contributed by atoms with Crippen LogP contribution < -0.4 is 10.4 Å². The molecule has 1 aromatic carbocycles. The molecule has 0 N–H and O–H groups in total. The van der Waals surface area contributed by atoms with Crippen LogP contribution in [0.15, 0.2) is 18.2 Å². The minimum Gasteiger partial charge on any atom is -0.166 e. The molecule has 0 unspecified atom stereocenters. The quantitative estimate of drug-likeness (QED) is 0.727. The predicted molar refractivity (Wildman–Crippen MR) is 77.4 cm³/mol. The zero-order valence-electron chi connectivity index (χ0n) is 11.9. The molecule has 5 heteroatoms. The number of halogens is 3. The van der Waals surface area contributed by atoms with E-state index >= 15 is 0 Å². The molecule has 0 spiro atoms. The molecule has 0 aromatic heterocycles. The van der Waals surface area contributed by atoms with E-state index in [-0.39, 0.29) is 0 Å². The van der Waals surface area contributed by atoms with Crippen molar-refractivity contribution in [2.45, 2.75) is 45.5 Å². The largest absolute Gasteiger partial charge is 0.416 e. The molecule has 0 saturated carbocycles. The molecule has 0 fully saturated rings. The standard InChI is InChI=1S/C13H21F3Si2/c1-17(2,3)10-7-8-12(18(4,5)6)11(9-10)13(14,15)16/h7-9H,1-6H3. The maximum atomic E-state index is 13.2. The first-order chi connectivity index (χ1) is 7.83. The van der Waals surface area contributed by atoms with Crippen molar-refractivity contribution < 1.29 is 13.2 Å². The lowest BCUT2D eigenvalue weighted by Gasteiger charge is -2.25. The van der Waals surface area contributed by atoms with Gasteiger partial charge in [0, 0.05) is 0 Å². The highest BCUT2D eigenvalue weighted by atomic mass is 28.3. The molecule has 0 aliphatic carbocycles. The third-order valence-corrected chi connectivity index (χ3v) is 7.09. The summed E-state index contributed by atoms with van der Waals surface area (Å²) in [5, 5.41) is 1.38. The van der Waals surface area contributed by atoms with E-state index in [9.17, 15) is 13.2 Å². The first-order valence-electron chi connectivity index (χ1n) is 6.05. The van der Waals surface area contributed by atoms with Crippen molar-refractivity contribution in [3.63, 3.8) is 0 Å². The first kappa shape index (κ1) is 15.5. The molecule has 0 amide bonds. The summed E-state index contributed by atoms with van der Waals surface area (Å²) in [6.07, 6.45) is -4.24. The van der Waals surface area contributed by atoms with Crippen molar-refractivity contribution in [3.8, 4) is 0 Å². The fraction of sp³-hybridized carbons (Fsp3) is 0.538. The van der Waals surface area contributed by atoms with Gasteiger partial charge in [0.05, 0.1) is 21.7 Å². The van der Waals surface area contributed by atoms with Crippen molar-refractivity contribution in [3.05, 3.63) is 23.8 Å². The van der Waals surface area contributed by atoms with E-state index < -0.39 is 27.9 Å². The van der Waals surface area contributed by atoms with Gasteiger partial charge in [-0.15, -0.1) is 0 Å². The van der Waals surface area contributed by atoms with E-state index in [1.54, 1.807) is 6.07 Å². The van der Waals surface area contributed by atoms with E-state index in [4.69, 9.17) is 0 Å². The smallest absolute Gasteiger partial charge is 0.166 e. The molecule has 0 heterocycles. The van der Waals surface area contributed by atoms with Crippen LogP contribution in [-0.2, 0) is 6.18 Å². The topological polar surface area (TPSA) is 0 Å². The minimum atomic E-state index is -4.24. The highest BCUT2D eigenvalue weighted by Crippen LogP contribution is 2.29. The highest BCUT2D eigenvalue weighted by molar-refractivity contribution is 6.90. The van der Waals surface area contributed by atoms with Crippen molar-refractivity contribution in [1.29, 1.82) is 0 Å².